The zero-order valence-corrected chi connectivity index (χ0v) is 24.9. The van der Waals surface area contributed by atoms with Crippen molar-refractivity contribution in [3.63, 3.8) is 0 Å². The van der Waals surface area contributed by atoms with E-state index in [0.29, 0.717) is 58.6 Å². The maximum atomic E-state index is 11.8. The molecule has 5 N–H and O–H groups in total. The number of nitrogens with one attached hydrogen (secondary N) is 3. The van der Waals surface area contributed by atoms with Crippen molar-refractivity contribution in [2.45, 2.75) is 109 Å². The lowest BCUT2D eigenvalue weighted by Gasteiger charge is -2.13. The van der Waals surface area contributed by atoms with Crippen LogP contribution in [-0.4, -0.2) is 91.7 Å². The van der Waals surface area contributed by atoms with Crippen molar-refractivity contribution in [1.29, 1.82) is 0 Å². The molecule has 0 aromatic rings. The maximum absolute atomic E-state index is 11.8. The topological polar surface area (TPSA) is 197 Å². The first-order valence-electron chi connectivity index (χ1n) is 15.1. The number of hydrogen-bond acceptors (Lipinski definition) is 8. The van der Waals surface area contributed by atoms with E-state index in [9.17, 15) is 28.8 Å². The SMILES string of the molecule is O=CCCC(NC(=O)CCC(=O)NCCCOCCCCOCCCNC(=O)CCCCCCCCC(=O)O)C(=O)O. The van der Waals surface area contributed by atoms with Gasteiger partial charge in [-0.15, -0.1) is 0 Å². The molecule has 0 heterocycles. The number of rotatable bonds is 30. The van der Waals surface area contributed by atoms with Gasteiger partial charge in [-0.05, 0) is 44.9 Å². The molecule has 42 heavy (non-hydrogen) atoms. The minimum absolute atomic E-state index is 0.00859. The standard InChI is InChI=1S/C29H51N3O10/c33-19-9-12-24(29(39)40)32-27(36)16-15-26(35)31-18-11-23-42-21-8-7-20-41-22-10-17-30-25(34)13-5-3-1-2-4-6-14-28(37)38/h19,24H,1-18,20-23H2,(H,30,34)(H,31,35)(H,32,36)(H,37,38)(H,39,40). The van der Waals surface area contributed by atoms with Gasteiger partial charge in [0.1, 0.15) is 12.3 Å². The number of ether oxygens (including phenoxy) is 2. The summed E-state index contributed by atoms with van der Waals surface area (Å²) < 4.78 is 11.1. The van der Waals surface area contributed by atoms with Gasteiger partial charge in [-0.2, -0.15) is 0 Å². The lowest BCUT2D eigenvalue weighted by Crippen LogP contribution is -2.41. The average molecular weight is 602 g/mol. The molecule has 0 rings (SSSR count). The van der Waals surface area contributed by atoms with Crippen molar-refractivity contribution >= 4 is 35.9 Å². The molecule has 0 radical (unpaired) electrons. The molecule has 0 aromatic heterocycles. The van der Waals surface area contributed by atoms with E-state index in [1.165, 1.54) is 0 Å². The Hall–Kier alpha value is -3.06. The van der Waals surface area contributed by atoms with Crippen molar-refractivity contribution in [1.82, 2.24) is 16.0 Å². The number of hydrogen-bond donors (Lipinski definition) is 5. The normalized spacial score (nSPS) is 11.4. The smallest absolute Gasteiger partial charge is 0.326 e. The number of amides is 3. The number of aliphatic carboxylic acids is 2. The molecule has 0 saturated heterocycles. The van der Waals surface area contributed by atoms with Gasteiger partial charge in [0.25, 0.3) is 0 Å². The van der Waals surface area contributed by atoms with E-state index in [1.54, 1.807) is 0 Å². The van der Waals surface area contributed by atoms with Gasteiger partial charge < -0.3 is 40.4 Å². The predicted molar refractivity (Wildman–Crippen MR) is 155 cm³/mol. The van der Waals surface area contributed by atoms with Crippen LogP contribution in [0.2, 0.25) is 0 Å². The van der Waals surface area contributed by atoms with Crippen LogP contribution in [0.1, 0.15) is 103 Å². The van der Waals surface area contributed by atoms with Crippen molar-refractivity contribution in [3.8, 4) is 0 Å². The van der Waals surface area contributed by atoms with Gasteiger partial charge in [0.2, 0.25) is 17.7 Å². The van der Waals surface area contributed by atoms with Crippen LogP contribution in [0, 0.1) is 0 Å². The highest BCUT2D eigenvalue weighted by molar-refractivity contribution is 5.87. The Labute approximate surface area is 248 Å². The molecule has 0 spiro atoms. The molecule has 13 nitrogen and oxygen atoms in total. The molecule has 0 bridgehead atoms. The van der Waals surface area contributed by atoms with Crippen LogP contribution in [0.3, 0.4) is 0 Å². The highest BCUT2D eigenvalue weighted by atomic mass is 16.5. The second kappa shape index (κ2) is 28.1. The molecule has 0 saturated carbocycles. The Kier molecular flexibility index (Phi) is 26.0. The van der Waals surface area contributed by atoms with Gasteiger partial charge in [0, 0.05) is 71.6 Å². The number of carbonyl (C=O) groups excluding carboxylic acids is 4. The molecule has 242 valence electrons. The molecule has 1 atom stereocenters. The largest absolute Gasteiger partial charge is 0.481 e. The molecule has 13 heteroatoms. The zero-order valence-electron chi connectivity index (χ0n) is 24.9. The Balaban J connectivity index is 3.44. The van der Waals surface area contributed by atoms with Crippen LogP contribution in [0.25, 0.3) is 0 Å². The fourth-order valence-corrected chi connectivity index (χ4v) is 3.85. The van der Waals surface area contributed by atoms with Gasteiger partial charge in [0.15, 0.2) is 0 Å². The summed E-state index contributed by atoms with van der Waals surface area (Å²) in [7, 11) is 0. The van der Waals surface area contributed by atoms with E-state index in [1.807, 2.05) is 0 Å². The molecule has 0 aliphatic carbocycles. The van der Waals surface area contributed by atoms with E-state index in [4.69, 9.17) is 19.7 Å². The Morgan fingerprint density at radius 3 is 1.60 bits per heavy atom. The van der Waals surface area contributed by atoms with Crippen LogP contribution in [0.5, 0.6) is 0 Å². The van der Waals surface area contributed by atoms with Gasteiger partial charge in [-0.3, -0.25) is 19.2 Å². The average Bonchev–Trinajstić information content (AvgIpc) is 2.95. The van der Waals surface area contributed by atoms with Crippen molar-refractivity contribution < 1.29 is 48.5 Å². The van der Waals surface area contributed by atoms with Gasteiger partial charge >= 0.3 is 11.9 Å². The first kappa shape index (κ1) is 38.9. The van der Waals surface area contributed by atoms with E-state index in [0.717, 1.165) is 57.8 Å². The molecule has 1 unspecified atom stereocenters. The Bertz CT molecular complexity index is 779. The molecular weight excluding hydrogens is 550 g/mol. The third kappa shape index (κ3) is 27.1. The Morgan fingerprint density at radius 1 is 0.595 bits per heavy atom. The lowest BCUT2D eigenvalue weighted by molar-refractivity contribution is -0.142. The van der Waals surface area contributed by atoms with Crippen LogP contribution in [0.4, 0.5) is 0 Å². The van der Waals surface area contributed by atoms with E-state index < -0.39 is 23.9 Å². The summed E-state index contributed by atoms with van der Waals surface area (Å²) in [4.78, 5) is 67.4. The first-order chi connectivity index (χ1) is 20.3. The van der Waals surface area contributed by atoms with Crippen LogP contribution in [0.15, 0.2) is 0 Å². The second-order valence-corrected chi connectivity index (χ2v) is 10.1. The highest BCUT2D eigenvalue weighted by Gasteiger charge is 2.19. The molecule has 0 aromatic carbocycles. The van der Waals surface area contributed by atoms with Gasteiger partial charge in [-0.25, -0.2) is 4.79 Å². The van der Waals surface area contributed by atoms with Gasteiger partial charge in [0.05, 0.1) is 0 Å². The summed E-state index contributed by atoms with van der Waals surface area (Å²) in [5.41, 5.74) is 0. The third-order valence-corrected chi connectivity index (χ3v) is 6.23. The Morgan fingerprint density at radius 2 is 1.07 bits per heavy atom. The molecular formula is C29H51N3O10. The van der Waals surface area contributed by atoms with E-state index in [2.05, 4.69) is 16.0 Å². The minimum Gasteiger partial charge on any atom is -0.481 e. The molecule has 0 aliphatic rings. The third-order valence-electron chi connectivity index (χ3n) is 6.23. The van der Waals surface area contributed by atoms with Crippen molar-refractivity contribution in [2.24, 2.45) is 0 Å². The van der Waals surface area contributed by atoms with Crippen LogP contribution >= 0.6 is 0 Å². The fraction of sp³-hybridized carbons (Fsp3) is 0.793. The monoisotopic (exact) mass is 601 g/mol. The molecule has 0 fully saturated rings. The summed E-state index contributed by atoms with van der Waals surface area (Å²) in [5, 5.41) is 25.5. The number of carboxylic acid groups (broad SMARTS) is 2. The van der Waals surface area contributed by atoms with E-state index >= 15 is 0 Å². The molecule has 3 amide bonds. The first-order valence-corrected chi connectivity index (χ1v) is 15.1. The summed E-state index contributed by atoms with van der Waals surface area (Å²) in [6.07, 6.45) is 9.78. The highest BCUT2D eigenvalue weighted by Crippen LogP contribution is 2.08. The van der Waals surface area contributed by atoms with E-state index in [-0.39, 0.29) is 43.9 Å². The van der Waals surface area contributed by atoms with Crippen LogP contribution in [-0.2, 0) is 38.2 Å². The van der Waals surface area contributed by atoms with Crippen molar-refractivity contribution in [3.05, 3.63) is 0 Å². The minimum atomic E-state index is -1.22. The number of carbonyl (C=O) groups is 6. The zero-order chi connectivity index (χ0) is 31.3. The predicted octanol–water partition coefficient (Wildman–Crippen LogP) is 2.35. The lowest BCUT2D eigenvalue weighted by atomic mass is 10.1. The van der Waals surface area contributed by atoms with Crippen LogP contribution < -0.4 is 16.0 Å². The number of aldehydes is 1. The second-order valence-electron chi connectivity index (χ2n) is 10.1. The summed E-state index contributed by atoms with van der Waals surface area (Å²) in [6, 6.07) is -1.14. The summed E-state index contributed by atoms with van der Waals surface area (Å²) in [5.74, 6) is -2.77. The molecule has 0 aliphatic heterocycles. The van der Waals surface area contributed by atoms with Gasteiger partial charge in [-0.1, -0.05) is 25.7 Å². The number of unbranched alkanes of at least 4 members (excludes halogenated alkanes) is 6. The summed E-state index contributed by atoms with van der Waals surface area (Å²) >= 11 is 0. The fourth-order valence-electron chi connectivity index (χ4n) is 3.85. The summed E-state index contributed by atoms with van der Waals surface area (Å²) in [6.45, 7) is 3.29. The quantitative estimate of drug-likeness (QED) is 0.0602. The van der Waals surface area contributed by atoms with Crippen molar-refractivity contribution in [2.75, 3.05) is 39.5 Å². The number of carboxylic acids is 2. The maximum Gasteiger partial charge on any atom is 0.326 e.